The molecule has 0 unspecified atom stereocenters. The molecule has 0 bridgehead atoms. The first-order valence-corrected chi connectivity index (χ1v) is 12.0. The minimum absolute atomic E-state index is 0.00465. The highest BCUT2D eigenvalue weighted by molar-refractivity contribution is 14.1. The summed E-state index contributed by atoms with van der Waals surface area (Å²) in [5.41, 5.74) is 3.34. The summed E-state index contributed by atoms with van der Waals surface area (Å²) in [6.07, 6.45) is 2.19. The van der Waals surface area contributed by atoms with Crippen LogP contribution in [0.15, 0.2) is 70.7 Å². The fraction of sp³-hybridized carbons (Fsp3) is 0.120. The highest BCUT2D eigenvalue weighted by atomic mass is 127. The summed E-state index contributed by atoms with van der Waals surface area (Å²) in [5.74, 6) is 0.235. The Morgan fingerprint density at radius 2 is 1.94 bits per heavy atom. The fourth-order valence-electron chi connectivity index (χ4n) is 3.05. The molecule has 0 aliphatic carbocycles. The topological polar surface area (TPSA) is 62.1 Å². The Hall–Kier alpha value is -2.34. The van der Waals surface area contributed by atoms with Crippen LogP contribution in [-0.4, -0.2) is 12.5 Å². The molecule has 0 saturated heterocycles. The predicted molar refractivity (Wildman–Crippen MR) is 141 cm³/mol. The van der Waals surface area contributed by atoms with Crippen LogP contribution in [0.4, 0.5) is 5.69 Å². The van der Waals surface area contributed by atoms with Crippen LogP contribution in [-0.2, 0) is 11.2 Å². The van der Waals surface area contributed by atoms with Crippen molar-refractivity contribution in [2.45, 2.75) is 13.3 Å². The Bertz CT molecular complexity index is 1200. The molecule has 0 aromatic heterocycles. The van der Waals surface area contributed by atoms with E-state index in [1.165, 1.54) is 0 Å². The zero-order valence-corrected chi connectivity index (χ0v) is 21.7. The van der Waals surface area contributed by atoms with Gasteiger partial charge in [-0.15, -0.1) is 0 Å². The lowest BCUT2D eigenvalue weighted by Crippen LogP contribution is -2.13. The van der Waals surface area contributed by atoms with Crippen molar-refractivity contribution in [3.63, 3.8) is 0 Å². The van der Waals surface area contributed by atoms with E-state index >= 15 is 0 Å². The van der Waals surface area contributed by atoms with Gasteiger partial charge in [-0.2, -0.15) is 5.26 Å². The second kappa shape index (κ2) is 11.5. The Balaban J connectivity index is 1.91. The number of rotatable bonds is 7. The fourth-order valence-corrected chi connectivity index (χ4v) is 4.33. The Morgan fingerprint density at radius 1 is 1.22 bits per heavy atom. The predicted octanol–water partition coefficient (Wildman–Crippen LogP) is 7.24. The molecule has 0 radical (unpaired) electrons. The molecule has 0 aliphatic rings. The van der Waals surface area contributed by atoms with Crippen molar-refractivity contribution >= 4 is 67.8 Å². The number of anilines is 1. The van der Waals surface area contributed by atoms with Gasteiger partial charge in [-0.25, -0.2) is 0 Å². The third-order valence-electron chi connectivity index (χ3n) is 4.58. The largest absolute Gasteiger partial charge is 0.494 e. The molecule has 3 rings (SSSR count). The normalized spacial score (nSPS) is 11.0. The van der Waals surface area contributed by atoms with Crippen LogP contribution in [0.3, 0.4) is 0 Å². The van der Waals surface area contributed by atoms with E-state index in [9.17, 15) is 10.1 Å². The molecule has 3 aromatic rings. The summed E-state index contributed by atoms with van der Waals surface area (Å²) in [6, 6.07) is 20.6. The highest BCUT2D eigenvalue weighted by Gasteiger charge is 2.15. The van der Waals surface area contributed by atoms with E-state index in [1.807, 2.05) is 61.5 Å². The molecule has 0 atom stereocenters. The lowest BCUT2D eigenvalue weighted by atomic mass is 10.0. The molecule has 0 saturated carbocycles. The number of carbonyl (C=O) groups excluding carboxylic acids is 1. The van der Waals surface area contributed by atoms with Crippen molar-refractivity contribution in [2.75, 3.05) is 11.9 Å². The summed E-state index contributed by atoms with van der Waals surface area (Å²) < 4.78 is 7.76. The Morgan fingerprint density at radius 3 is 2.59 bits per heavy atom. The lowest BCUT2D eigenvalue weighted by Gasteiger charge is -2.15. The lowest BCUT2D eigenvalue weighted by molar-refractivity contribution is -0.112. The number of nitrogens with zero attached hydrogens (tertiary/aromatic N) is 1. The molecule has 162 valence electrons. The quantitative estimate of drug-likeness (QED) is 0.172. The summed E-state index contributed by atoms with van der Waals surface area (Å²) in [7, 11) is 0. The maximum atomic E-state index is 12.6. The summed E-state index contributed by atoms with van der Waals surface area (Å²) in [5, 5.41) is 13.0. The van der Waals surface area contributed by atoms with Gasteiger partial charge in [0, 0.05) is 30.7 Å². The number of carbonyl (C=O) groups is 1. The molecule has 0 aliphatic heterocycles. The second-order valence-electron chi connectivity index (χ2n) is 6.81. The van der Waals surface area contributed by atoms with E-state index in [0.717, 1.165) is 19.2 Å². The van der Waals surface area contributed by atoms with Crippen LogP contribution in [0.25, 0.3) is 6.08 Å². The standard InChI is InChI=1S/C25H19BrClIN2O2/c1-2-32-24-13-16(12-23(28)21(24)14-17-5-3-4-6-22(17)27)11-18(15-29)25(31)30-20-9-7-19(26)8-10-20/h3-13H,2,14H2,1H3,(H,30,31)/b18-11+. The van der Waals surface area contributed by atoms with Crippen molar-refractivity contribution in [3.05, 3.63) is 96.0 Å². The highest BCUT2D eigenvalue weighted by Crippen LogP contribution is 2.31. The number of ether oxygens (including phenoxy) is 1. The van der Waals surface area contributed by atoms with E-state index in [0.29, 0.717) is 35.1 Å². The number of hydrogen-bond acceptors (Lipinski definition) is 3. The molecule has 1 amide bonds. The van der Waals surface area contributed by atoms with Gasteiger partial charge in [-0.05, 0) is 89.2 Å². The van der Waals surface area contributed by atoms with Gasteiger partial charge in [0.1, 0.15) is 17.4 Å². The third-order valence-corrected chi connectivity index (χ3v) is 6.44. The Labute approximate surface area is 214 Å². The number of nitriles is 1. The first-order valence-electron chi connectivity index (χ1n) is 9.78. The maximum absolute atomic E-state index is 12.6. The number of halogens is 3. The van der Waals surface area contributed by atoms with Crippen molar-refractivity contribution in [1.82, 2.24) is 0 Å². The third kappa shape index (κ3) is 6.35. The molecule has 1 N–H and O–H groups in total. The summed E-state index contributed by atoms with van der Waals surface area (Å²) in [6.45, 7) is 2.41. The molecule has 0 spiro atoms. The van der Waals surface area contributed by atoms with Crippen LogP contribution in [0.5, 0.6) is 5.75 Å². The van der Waals surface area contributed by atoms with Crippen molar-refractivity contribution in [2.24, 2.45) is 0 Å². The molecule has 3 aromatic carbocycles. The second-order valence-corrected chi connectivity index (χ2v) is 9.30. The molecule has 7 heteroatoms. The molecular formula is C25H19BrClIN2O2. The van der Waals surface area contributed by atoms with Crippen molar-refractivity contribution < 1.29 is 9.53 Å². The first kappa shape index (κ1) is 24.3. The summed E-state index contributed by atoms with van der Waals surface area (Å²) in [4.78, 5) is 12.6. The van der Waals surface area contributed by atoms with Crippen LogP contribution < -0.4 is 10.1 Å². The smallest absolute Gasteiger partial charge is 0.266 e. The molecule has 4 nitrogen and oxygen atoms in total. The van der Waals surface area contributed by atoms with Crippen molar-refractivity contribution in [3.8, 4) is 11.8 Å². The molecule has 0 heterocycles. The van der Waals surface area contributed by atoms with Gasteiger partial charge in [0.2, 0.25) is 0 Å². The van der Waals surface area contributed by atoms with E-state index in [-0.39, 0.29) is 5.57 Å². The van der Waals surface area contributed by atoms with Gasteiger partial charge in [0.15, 0.2) is 0 Å². The maximum Gasteiger partial charge on any atom is 0.266 e. The molecular weight excluding hydrogens is 603 g/mol. The van der Waals surface area contributed by atoms with Gasteiger partial charge in [0.05, 0.1) is 6.61 Å². The van der Waals surface area contributed by atoms with E-state index in [2.05, 4.69) is 43.8 Å². The summed E-state index contributed by atoms with van der Waals surface area (Å²) >= 11 is 12.0. The minimum atomic E-state index is -0.470. The zero-order valence-electron chi connectivity index (χ0n) is 17.2. The number of benzene rings is 3. The van der Waals surface area contributed by atoms with Crippen molar-refractivity contribution in [1.29, 1.82) is 5.26 Å². The first-order chi connectivity index (χ1) is 15.4. The number of amides is 1. The SMILES string of the molecule is CCOc1cc(/C=C(\C#N)C(=O)Nc2ccc(Br)cc2)cc(I)c1Cc1ccccc1Cl. The van der Waals surface area contributed by atoms with E-state index in [1.54, 1.807) is 18.2 Å². The zero-order chi connectivity index (χ0) is 23.1. The van der Waals surface area contributed by atoms with Crippen LogP contribution in [0.1, 0.15) is 23.6 Å². The van der Waals surface area contributed by atoms with Gasteiger partial charge in [0.25, 0.3) is 5.91 Å². The van der Waals surface area contributed by atoms with Gasteiger partial charge in [-0.3, -0.25) is 4.79 Å². The number of hydrogen-bond donors (Lipinski definition) is 1. The van der Waals surface area contributed by atoms with E-state index in [4.69, 9.17) is 16.3 Å². The monoisotopic (exact) mass is 620 g/mol. The van der Waals surface area contributed by atoms with Gasteiger partial charge < -0.3 is 10.1 Å². The average molecular weight is 622 g/mol. The minimum Gasteiger partial charge on any atom is -0.494 e. The Kier molecular flexibility index (Phi) is 8.74. The van der Waals surface area contributed by atoms with Crippen LogP contribution in [0, 0.1) is 14.9 Å². The number of nitrogens with one attached hydrogen (secondary N) is 1. The molecule has 32 heavy (non-hydrogen) atoms. The van der Waals surface area contributed by atoms with Crippen LogP contribution >= 0.6 is 50.1 Å². The van der Waals surface area contributed by atoms with E-state index < -0.39 is 5.91 Å². The molecule has 0 fully saturated rings. The van der Waals surface area contributed by atoms with Gasteiger partial charge >= 0.3 is 0 Å². The average Bonchev–Trinajstić information content (AvgIpc) is 2.77. The van der Waals surface area contributed by atoms with Crippen LogP contribution in [0.2, 0.25) is 5.02 Å². The van der Waals surface area contributed by atoms with Gasteiger partial charge in [-0.1, -0.05) is 45.7 Å².